The minimum Gasteiger partial charge on any atom is -0.326 e. The minimum absolute atomic E-state index is 0.421. The van der Waals surface area contributed by atoms with Gasteiger partial charge in [0.2, 0.25) is 10.0 Å². The Morgan fingerprint density at radius 2 is 1.77 bits per heavy atom. The van der Waals surface area contributed by atoms with Crippen molar-refractivity contribution in [1.82, 2.24) is 13.8 Å². The number of piperazine rings is 1. The smallest absolute Gasteiger partial charge is 0.249 e. The second-order valence-electron chi connectivity index (χ2n) is 8.19. The maximum atomic E-state index is 13.6. The maximum absolute atomic E-state index is 13.6. The normalized spacial score (nSPS) is 17.1. The maximum Gasteiger partial charge on any atom is 0.249 e. The van der Waals surface area contributed by atoms with E-state index in [1.165, 1.54) is 10.0 Å². The lowest BCUT2D eigenvalue weighted by Gasteiger charge is -2.32. The van der Waals surface area contributed by atoms with Crippen molar-refractivity contribution in [3.63, 3.8) is 0 Å². The topological polar surface area (TPSA) is 71.6 Å². The zero-order valence-electron chi connectivity index (χ0n) is 17.9. The van der Waals surface area contributed by atoms with Crippen LogP contribution in [0, 0.1) is 0 Å². The van der Waals surface area contributed by atoms with Gasteiger partial charge in [0.15, 0.2) is 0 Å². The first kappa shape index (κ1) is 21.8. The van der Waals surface area contributed by atoms with Crippen LogP contribution < -0.4 is 5.73 Å². The molecule has 2 heterocycles. The molecule has 1 atom stereocenters. The van der Waals surface area contributed by atoms with Crippen LogP contribution in [0.15, 0.2) is 67.4 Å². The van der Waals surface area contributed by atoms with Gasteiger partial charge in [0.25, 0.3) is 0 Å². The molecule has 2 N–H and O–H groups in total. The summed E-state index contributed by atoms with van der Waals surface area (Å²) < 4.78 is 28.6. The number of nitrogens with zero attached hydrogens (tertiary/aromatic N) is 3. The van der Waals surface area contributed by atoms with Crippen molar-refractivity contribution in [3.05, 3.63) is 84.1 Å². The Hall–Kier alpha value is -2.45. The Labute approximate surface area is 184 Å². The van der Waals surface area contributed by atoms with Gasteiger partial charge in [0.1, 0.15) is 5.25 Å². The first-order valence-electron chi connectivity index (χ1n) is 10.6. The van der Waals surface area contributed by atoms with E-state index in [2.05, 4.69) is 29.5 Å². The highest BCUT2D eigenvalue weighted by atomic mass is 32.2. The molecule has 1 saturated heterocycles. The van der Waals surface area contributed by atoms with Gasteiger partial charge in [-0.1, -0.05) is 42.5 Å². The molecule has 0 spiro atoms. The fourth-order valence-electron chi connectivity index (χ4n) is 4.21. The summed E-state index contributed by atoms with van der Waals surface area (Å²) in [6.45, 7) is 9.19. The monoisotopic (exact) mass is 438 g/mol. The highest BCUT2D eigenvalue weighted by molar-refractivity contribution is 7.90. The Morgan fingerprint density at radius 3 is 2.42 bits per heavy atom. The molecule has 2 aromatic carbocycles. The average molecular weight is 439 g/mol. The number of nitrogens with two attached hydrogens (primary N) is 1. The predicted octanol–water partition coefficient (Wildman–Crippen LogP) is 2.95. The number of likely N-dealkylation sites (N-methyl/N-ethyl adjacent to an activating group) is 1. The molecule has 6 nitrogen and oxygen atoms in total. The highest BCUT2D eigenvalue weighted by Gasteiger charge is 2.28. The van der Waals surface area contributed by atoms with Crippen LogP contribution in [0.2, 0.25) is 0 Å². The van der Waals surface area contributed by atoms with E-state index < -0.39 is 15.3 Å². The SMILES string of the molecule is C=CC(c1ccc(CN)cc1)S(=O)(=O)n1ccc2c(CN3CCN(C)CC3)cccc21. The first-order valence-corrected chi connectivity index (χ1v) is 12.1. The van der Waals surface area contributed by atoms with Crippen LogP contribution in [0.3, 0.4) is 0 Å². The largest absolute Gasteiger partial charge is 0.326 e. The Balaban J connectivity index is 1.67. The summed E-state index contributed by atoms with van der Waals surface area (Å²) in [5.74, 6) is 0. The Kier molecular flexibility index (Phi) is 6.29. The molecule has 0 saturated carbocycles. The summed E-state index contributed by atoms with van der Waals surface area (Å²) in [5, 5.41) is 0.141. The van der Waals surface area contributed by atoms with Gasteiger partial charge in [-0.05, 0) is 35.9 Å². The second kappa shape index (κ2) is 8.96. The molecule has 0 radical (unpaired) electrons. The van der Waals surface area contributed by atoms with Crippen molar-refractivity contribution in [2.24, 2.45) is 5.73 Å². The fourth-order valence-corrected chi connectivity index (χ4v) is 5.86. The van der Waals surface area contributed by atoms with Gasteiger partial charge in [-0.25, -0.2) is 12.4 Å². The standard InChI is InChI=1S/C24H30N4O2S/c1-3-24(20-9-7-19(17-25)8-10-20)31(29,30)28-12-11-22-21(5-4-6-23(22)28)18-27-15-13-26(2)14-16-27/h3-12,24H,1,13-18,25H2,2H3. The van der Waals surface area contributed by atoms with Crippen molar-refractivity contribution < 1.29 is 8.42 Å². The van der Waals surface area contributed by atoms with Gasteiger partial charge in [0.05, 0.1) is 5.52 Å². The number of aromatic nitrogens is 1. The number of benzene rings is 2. The van der Waals surface area contributed by atoms with Crippen molar-refractivity contribution >= 4 is 20.9 Å². The number of rotatable bonds is 7. The van der Waals surface area contributed by atoms with Crippen molar-refractivity contribution in [3.8, 4) is 0 Å². The number of hydrogen-bond donors (Lipinski definition) is 1. The van der Waals surface area contributed by atoms with Crippen molar-refractivity contribution in [2.75, 3.05) is 33.2 Å². The third kappa shape index (κ3) is 4.32. The lowest BCUT2D eigenvalue weighted by atomic mass is 10.1. The molecule has 7 heteroatoms. The van der Waals surface area contributed by atoms with Crippen LogP contribution in [-0.2, 0) is 23.1 Å². The summed E-state index contributed by atoms with van der Waals surface area (Å²) in [5.41, 5.74) is 9.18. The third-order valence-corrected chi connectivity index (χ3v) is 8.10. The molecule has 4 rings (SSSR count). The molecule has 164 valence electrons. The lowest BCUT2D eigenvalue weighted by Crippen LogP contribution is -2.43. The van der Waals surface area contributed by atoms with Gasteiger partial charge in [-0.15, -0.1) is 6.58 Å². The van der Waals surface area contributed by atoms with Gasteiger partial charge in [-0.3, -0.25) is 4.90 Å². The molecule has 1 aliphatic heterocycles. The zero-order chi connectivity index (χ0) is 22.0. The molecule has 31 heavy (non-hydrogen) atoms. The molecule has 1 aromatic heterocycles. The summed E-state index contributed by atoms with van der Waals surface area (Å²) in [4.78, 5) is 4.75. The summed E-state index contributed by atoms with van der Waals surface area (Å²) in [7, 11) is -1.58. The van der Waals surface area contributed by atoms with E-state index in [4.69, 9.17) is 5.73 Å². The molecule has 1 aliphatic rings. The molecule has 3 aromatic rings. The molecule has 1 fully saturated rings. The fraction of sp³-hybridized carbons (Fsp3) is 0.333. The van der Waals surface area contributed by atoms with Crippen LogP contribution in [0.4, 0.5) is 0 Å². The second-order valence-corrected chi connectivity index (χ2v) is 10.1. The van der Waals surface area contributed by atoms with Gasteiger partial charge in [0, 0.05) is 50.9 Å². The Bertz CT molecular complexity index is 1160. The van der Waals surface area contributed by atoms with Crippen LogP contribution in [-0.4, -0.2) is 55.4 Å². The van der Waals surface area contributed by atoms with E-state index >= 15 is 0 Å². The van der Waals surface area contributed by atoms with Crippen molar-refractivity contribution in [1.29, 1.82) is 0 Å². The third-order valence-electron chi connectivity index (χ3n) is 6.13. The molecule has 0 amide bonds. The van der Waals surface area contributed by atoms with Gasteiger partial charge >= 0.3 is 0 Å². The zero-order valence-corrected chi connectivity index (χ0v) is 18.8. The van der Waals surface area contributed by atoms with Crippen LogP contribution >= 0.6 is 0 Å². The Morgan fingerprint density at radius 1 is 1.06 bits per heavy atom. The van der Waals surface area contributed by atoms with Crippen LogP contribution in [0.1, 0.15) is 21.9 Å². The van der Waals surface area contributed by atoms with E-state index in [1.54, 1.807) is 6.20 Å². The van der Waals surface area contributed by atoms with Crippen LogP contribution in [0.25, 0.3) is 10.9 Å². The van der Waals surface area contributed by atoms with Crippen molar-refractivity contribution in [2.45, 2.75) is 18.3 Å². The molecular weight excluding hydrogens is 408 g/mol. The summed E-state index contributed by atoms with van der Waals surface area (Å²) in [6, 6.07) is 15.2. The minimum atomic E-state index is -3.72. The molecule has 0 aliphatic carbocycles. The number of hydrogen-bond acceptors (Lipinski definition) is 5. The average Bonchev–Trinajstić information content (AvgIpc) is 3.22. The van der Waals surface area contributed by atoms with E-state index in [-0.39, 0.29) is 0 Å². The van der Waals surface area contributed by atoms with E-state index in [0.29, 0.717) is 17.6 Å². The number of fused-ring (bicyclic) bond motifs is 1. The summed E-state index contributed by atoms with van der Waals surface area (Å²) >= 11 is 0. The van der Waals surface area contributed by atoms with E-state index in [9.17, 15) is 8.42 Å². The molecule has 1 unspecified atom stereocenters. The quantitative estimate of drug-likeness (QED) is 0.574. The highest BCUT2D eigenvalue weighted by Crippen LogP contribution is 2.30. The predicted molar refractivity (Wildman–Crippen MR) is 126 cm³/mol. The van der Waals surface area contributed by atoms with E-state index in [0.717, 1.165) is 49.2 Å². The van der Waals surface area contributed by atoms with E-state index in [1.807, 2.05) is 42.5 Å². The van der Waals surface area contributed by atoms with Crippen LogP contribution in [0.5, 0.6) is 0 Å². The summed E-state index contributed by atoms with van der Waals surface area (Å²) in [6.07, 6.45) is 3.16. The molecular formula is C24H30N4O2S. The first-order chi connectivity index (χ1) is 14.9. The lowest BCUT2D eigenvalue weighted by molar-refractivity contribution is 0.148. The van der Waals surface area contributed by atoms with Gasteiger partial charge < -0.3 is 10.6 Å². The molecule has 0 bridgehead atoms. The van der Waals surface area contributed by atoms with Gasteiger partial charge in [-0.2, -0.15) is 0 Å².